The number of rotatable bonds is 3. The molecule has 0 aliphatic heterocycles. The summed E-state index contributed by atoms with van der Waals surface area (Å²) >= 11 is 15.2. The van der Waals surface area contributed by atoms with Gasteiger partial charge in [0, 0.05) is 6.54 Å². The van der Waals surface area contributed by atoms with Gasteiger partial charge in [0.25, 0.3) is 0 Å². The predicted octanol–water partition coefficient (Wildman–Crippen LogP) is 5.07. The zero-order chi connectivity index (χ0) is 13.1. The lowest BCUT2D eigenvalue weighted by molar-refractivity contribution is 1.12. The van der Waals surface area contributed by atoms with E-state index in [2.05, 4.69) is 26.2 Å². The number of nitrogens with zero attached hydrogens (tertiary/aromatic N) is 1. The fraction of sp³-hybridized carbons (Fsp3) is 0.154. The highest BCUT2D eigenvalue weighted by atomic mass is 79.9. The van der Waals surface area contributed by atoms with Crippen LogP contribution < -0.4 is 5.32 Å². The van der Waals surface area contributed by atoms with E-state index >= 15 is 0 Å². The number of nitrogens with one attached hydrogen (secondary N) is 1. The first-order valence-electron chi connectivity index (χ1n) is 5.36. The van der Waals surface area contributed by atoms with E-state index in [0.717, 1.165) is 21.4 Å². The summed E-state index contributed by atoms with van der Waals surface area (Å²) in [7, 11) is 0. The third-order valence-corrected chi connectivity index (χ3v) is 4.06. The molecule has 0 spiro atoms. The molecule has 1 aromatic carbocycles. The molecule has 1 heterocycles. The topological polar surface area (TPSA) is 24.9 Å². The Kier molecular flexibility index (Phi) is 4.49. The highest BCUT2D eigenvalue weighted by Gasteiger charge is 2.01. The maximum absolute atomic E-state index is 5.96. The largest absolute Gasteiger partial charge is 0.380 e. The second kappa shape index (κ2) is 5.91. The van der Waals surface area contributed by atoms with Crippen LogP contribution in [0.5, 0.6) is 0 Å². The van der Waals surface area contributed by atoms with E-state index in [9.17, 15) is 0 Å². The fourth-order valence-corrected chi connectivity index (χ4v) is 2.05. The van der Waals surface area contributed by atoms with Crippen LogP contribution in [0.3, 0.4) is 0 Å². The van der Waals surface area contributed by atoms with E-state index in [-0.39, 0.29) is 0 Å². The van der Waals surface area contributed by atoms with Gasteiger partial charge in [-0.15, -0.1) is 0 Å². The molecule has 5 heteroatoms. The lowest BCUT2D eigenvalue weighted by Gasteiger charge is -2.08. The first-order valence-corrected chi connectivity index (χ1v) is 6.91. The molecule has 94 valence electrons. The second-order valence-electron chi connectivity index (χ2n) is 3.93. The normalized spacial score (nSPS) is 10.4. The van der Waals surface area contributed by atoms with Gasteiger partial charge in [0.15, 0.2) is 0 Å². The lowest BCUT2D eigenvalue weighted by atomic mass is 10.2. The maximum atomic E-state index is 5.96. The van der Waals surface area contributed by atoms with E-state index in [4.69, 9.17) is 23.2 Å². The predicted molar refractivity (Wildman–Crippen MR) is 80.5 cm³/mol. The maximum Gasteiger partial charge on any atom is 0.109 e. The Balaban J connectivity index is 2.06. The van der Waals surface area contributed by atoms with E-state index in [1.165, 1.54) is 0 Å². The standard InChI is InChI=1S/C13H11BrCl2N2/c1-8-4-10(7-18-13(8)14)17-6-9-2-3-11(15)12(16)5-9/h2-5,7,17H,6H2,1H3. The van der Waals surface area contributed by atoms with Gasteiger partial charge in [-0.25, -0.2) is 4.98 Å². The third-order valence-electron chi connectivity index (χ3n) is 2.50. The Morgan fingerprint density at radius 2 is 2.00 bits per heavy atom. The molecule has 2 aromatic rings. The zero-order valence-electron chi connectivity index (χ0n) is 9.67. The van der Waals surface area contributed by atoms with E-state index in [1.54, 1.807) is 12.3 Å². The molecule has 0 aliphatic rings. The van der Waals surface area contributed by atoms with Crippen LogP contribution in [0.25, 0.3) is 0 Å². The van der Waals surface area contributed by atoms with Crippen molar-refractivity contribution in [1.29, 1.82) is 0 Å². The Morgan fingerprint density at radius 1 is 1.22 bits per heavy atom. The molecule has 0 atom stereocenters. The molecule has 0 aliphatic carbocycles. The minimum atomic E-state index is 0.570. The summed E-state index contributed by atoms with van der Waals surface area (Å²) in [5.74, 6) is 0. The number of pyridine rings is 1. The smallest absolute Gasteiger partial charge is 0.109 e. The highest BCUT2D eigenvalue weighted by Crippen LogP contribution is 2.23. The number of aryl methyl sites for hydroxylation is 1. The molecular weight excluding hydrogens is 335 g/mol. The van der Waals surface area contributed by atoms with Gasteiger partial charge >= 0.3 is 0 Å². The summed E-state index contributed by atoms with van der Waals surface area (Å²) in [4.78, 5) is 4.23. The van der Waals surface area contributed by atoms with Gasteiger partial charge < -0.3 is 5.32 Å². The van der Waals surface area contributed by atoms with Gasteiger partial charge in [-0.1, -0.05) is 29.3 Å². The van der Waals surface area contributed by atoms with Crippen molar-refractivity contribution in [2.24, 2.45) is 0 Å². The molecule has 0 saturated heterocycles. The van der Waals surface area contributed by atoms with Crippen LogP contribution in [0.4, 0.5) is 5.69 Å². The minimum Gasteiger partial charge on any atom is -0.380 e. The molecule has 0 bridgehead atoms. The molecule has 2 rings (SSSR count). The number of hydrogen-bond donors (Lipinski definition) is 1. The number of aromatic nitrogens is 1. The molecular formula is C13H11BrCl2N2. The van der Waals surface area contributed by atoms with Crippen LogP contribution in [0.15, 0.2) is 35.1 Å². The Morgan fingerprint density at radius 3 is 2.67 bits per heavy atom. The van der Waals surface area contributed by atoms with Gasteiger partial charge in [0.1, 0.15) is 4.60 Å². The fourth-order valence-electron chi connectivity index (χ4n) is 1.51. The van der Waals surface area contributed by atoms with Crippen LogP contribution in [0.1, 0.15) is 11.1 Å². The first-order chi connectivity index (χ1) is 8.56. The molecule has 0 fully saturated rings. The van der Waals surface area contributed by atoms with Crippen LogP contribution >= 0.6 is 39.1 Å². The monoisotopic (exact) mass is 344 g/mol. The molecule has 1 N–H and O–H groups in total. The number of anilines is 1. The SMILES string of the molecule is Cc1cc(NCc2ccc(Cl)c(Cl)c2)cnc1Br. The average Bonchev–Trinajstić information content (AvgIpc) is 2.35. The summed E-state index contributed by atoms with van der Waals surface area (Å²) in [5.41, 5.74) is 3.14. The van der Waals surface area contributed by atoms with Crippen LogP contribution in [-0.4, -0.2) is 4.98 Å². The summed E-state index contributed by atoms with van der Waals surface area (Å²) in [6.07, 6.45) is 1.79. The Bertz CT molecular complexity index is 521. The quantitative estimate of drug-likeness (QED) is 0.785. The molecule has 0 amide bonds. The number of benzene rings is 1. The van der Waals surface area contributed by atoms with Gasteiger partial charge in [0.05, 0.1) is 21.9 Å². The summed E-state index contributed by atoms with van der Waals surface area (Å²) < 4.78 is 0.864. The Labute approximate surface area is 124 Å². The summed E-state index contributed by atoms with van der Waals surface area (Å²) in [6.45, 7) is 2.68. The van der Waals surface area contributed by atoms with Crippen molar-refractivity contribution in [3.05, 3.63) is 56.2 Å². The van der Waals surface area contributed by atoms with Gasteiger partial charge in [-0.2, -0.15) is 0 Å². The van der Waals surface area contributed by atoms with Crippen molar-refractivity contribution < 1.29 is 0 Å². The molecule has 18 heavy (non-hydrogen) atoms. The van der Waals surface area contributed by atoms with Gasteiger partial charge in [0.2, 0.25) is 0 Å². The zero-order valence-corrected chi connectivity index (χ0v) is 12.8. The van der Waals surface area contributed by atoms with Crippen molar-refractivity contribution in [2.75, 3.05) is 5.32 Å². The van der Waals surface area contributed by atoms with E-state index < -0.39 is 0 Å². The summed E-state index contributed by atoms with van der Waals surface area (Å²) in [5, 5.41) is 4.43. The van der Waals surface area contributed by atoms with Gasteiger partial charge in [-0.3, -0.25) is 0 Å². The number of hydrogen-bond acceptors (Lipinski definition) is 2. The number of halogens is 3. The molecule has 0 saturated carbocycles. The lowest BCUT2D eigenvalue weighted by Crippen LogP contribution is -2.00. The Hall–Kier alpha value is -0.770. The highest BCUT2D eigenvalue weighted by molar-refractivity contribution is 9.10. The van der Waals surface area contributed by atoms with Crippen molar-refractivity contribution >= 4 is 44.8 Å². The summed E-state index contributed by atoms with van der Waals surface area (Å²) in [6, 6.07) is 7.64. The molecule has 0 unspecified atom stereocenters. The van der Waals surface area contributed by atoms with Crippen LogP contribution in [0, 0.1) is 6.92 Å². The average molecular weight is 346 g/mol. The molecule has 1 aromatic heterocycles. The van der Waals surface area contributed by atoms with Gasteiger partial charge in [-0.05, 0) is 52.2 Å². The van der Waals surface area contributed by atoms with Crippen molar-refractivity contribution in [2.45, 2.75) is 13.5 Å². The van der Waals surface area contributed by atoms with Crippen molar-refractivity contribution in [3.8, 4) is 0 Å². The van der Waals surface area contributed by atoms with E-state index in [1.807, 2.05) is 25.1 Å². The van der Waals surface area contributed by atoms with Crippen LogP contribution in [-0.2, 0) is 6.54 Å². The van der Waals surface area contributed by atoms with Crippen molar-refractivity contribution in [3.63, 3.8) is 0 Å². The minimum absolute atomic E-state index is 0.570. The van der Waals surface area contributed by atoms with Crippen molar-refractivity contribution in [1.82, 2.24) is 4.98 Å². The van der Waals surface area contributed by atoms with Crippen LogP contribution in [0.2, 0.25) is 10.0 Å². The first kappa shape index (κ1) is 13.7. The second-order valence-corrected chi connectivity index (χ2v) is 5.50. The molecule has 0 radical (unpaired) electrons. The third kappa shape index (κ3) is 3.37. The van der Waals surface area contributed by atoms with E-state index in [0.29, 0.717) is 16.6 Å². The molecule has 2 nitrogen and oxygen atoms in total.